The topological polar surface area (TPSA) is 104 Å². The lowest BCUT2D eigenvalue weighted by Crippen LogP contribution is -2.30. The number of hydrogen-bond acceptors (Lipinski definition) is 3. The largest absolute Gasteiger partial charge is 0.481 e. The van der Waals surface area contributed by atoms with Gasteiger partial charge in [0.15, 0.2) is 0 Å². The number of H-pyrrole nitrogens is 1. The van der Waals surface area contributed by atoms with Crippen molar-refractivity contribution in [1.82, 2.24) is 15.1 Å². The van der Waals surface area contributed by atoms with Crippen LogP contribution in [0.4, 0.5) is 4.39 Å². The standard InChI is InChI=1S/C19H14Cl2FN3O4/c20-10-5-6-12(21)11(7-10)14(9-18(27)28)23-19(29)15-8-17(26)25(24-15)16-4-2-1-3-13(16)22/h1-8,14,24H,9H2,(H,23,29)(H,27,28). The number of carboxylic acids is 1. The third-order valence-electron chi connectivity index (χ3n) is 4.08. The predicted molar refractivity (Wildman–Crippen MR) is 105 cm³/mol. The summed E-state index contributed by atoms with van der Waals surface area (Å²) < 4.78 is 14.8. The van der Waals surface area contributed by atoms with Crippen LogP contribution in [0.3, 0.4) is 0 Å². The first-order valence-corrected chi connectivity index (χ1v) is 9.06. The number of nitrogens with one attached hydrogen (secondary N) is 2. The molecule has 1 atom stereocenters. The van der Waals surface area contributed by atoms with Gasteiger partial charge in [-0.2, -0.15) is 0 Å². The Hall–Kier alpha value is -3.10. The molecule has 0 aliphatic rings. The Morgan fingerprint density at radius 1 is 1.17 bits per heavy atom. The van der Waals surface area contributed by atoms with Crippen LogP contribution in [0.25, 0.3) is 5.69 Å². The van der Waals surface area contributed by atoms with Gasteiger partial charge in [-0.1, -0.05) is 35.3 Å². The van der Waals surface area contributed by atoms with E-state index in [1.807, 2.05) is 0 Å². The van der Waals surface area contributed by atoms with Crippen LogP contribution in [-0.4, -0.2) is 26.8 Å². The zero-order valence-corrected chi connectivity index (χ0v) is 16.2. The number of carboxylic acid groups (broad SMARTS) is 1. The van der Waals surface area contributed by atoms with Crippen molar-refractivity contribution in [3.63, 3.8) is 0 Å². The maximum absolute atomic E-state index is 14.0. The number of aromatic nitrogens is 2. The molecule has 0 saturated carbocycles. The Labute approximate surface area is 173 Å². The smallest absolute Gasteiger partial charge is 0.305 e. The fraction of sp³-hybridized carbons (Fsp3) is 0.105. The maximum Gasteiger partial charge on any atom is 0.305 e. The van der Waals surface area contributed by atoms with Gasteiger partial charge < -0.3 is 10.4 Å². The second kappa shape index (κ2) is 8.50. The van der Waals surface area contributed by atoms with E-state index in [4.69, 9.17) is 23.2 Å². The number of carbonyl (C=O) groups is 2. The van der Waals surface area contributed by atoms with Crippen molar-refractivity contribution in [2.24, 2.45) is 0 Å². The summed E-state index contributed by atoms with van der Waals surface area (Å²) in [5, 5.41) is 14.8. The normalized spacial score (nSPS) is 11.8. The van der Waals surface area contributed by atoms with Crippen molar-refractivity contribution in [3.05, 3.63) is 86.0 Å². The van der Waals surface area contributed by atoms with E-state index in [1.54, 1.807) is 0 Å². The number of nitrogens with zero attached hydrogens (tertiary/aromatic N) is 1. The van der Waals surface area contributed by atoms with E-state index in [0.717, 1.165) is 10.7 Å². The molecule has 0 fully saturated rings. The first-order valence-electron chi connectivity index (χ1n) is 8.31. The molecule has 3 rings (SSSR count). The van der Waals surface area contributed by atoms with Crippen molar-refractivity contribution < 1.29 is 19.1 Å². The van der Waals surface area contributed by atoms with E-state index in [-0.39, 0.29) is 16.4 Å². The Kier molecular flexibility index (Phi) is 6.05. The molecule has 0 radical (unpaired) electrons. The summed E-state index contributed by atoms with van der Waals surface area (Å²) in [7, 11) is 0. The molecule has 0 saturated heterocycles. The number of para-hydroxylation sites is 1. The monoisotopic (exact) mass is 437 g/mol. The molecule has 1 aromatic heterocycles. The number of amides is 1. The summed E-state index contributed by atoms with van der Waals surface area (Å²) >= 11 is 12.1. The highest BCUT2D eigenvalue weighted by Crippen LogP contribution is 2.28. The Balaban J connectivity index is 1.92. The van der Waals surface area contributed by atoms with Crippen LogP contribution in [0, 0.1) is 5.82 Å². The van der Waals surface area contributed by atoms with Gasteiger partial charge in [-0.25, -0.2) is 9.07 Å². The van der Waals surface area contributed by atoms with E-state index in [1.165, 1.54) is 42.5 Å². The summed E-state index contributed by atoms with van der Waals surface area (Å²) in [5.74, 6) is -2.60. The second-order valence-corrected chi connectivity index (χ2v) is 6.93. The van der Waals surface area contributed by atoms with Crippen LogP contribution in [0.1, 0.15) is 28.5 Å². The molecule has 3 aromatic rings. The van der Waals surface area contributed by atoms with E-state index < -0.39 is 35.7 Å². The van der Waals surface area contributed by atoms with Crippen LogP contribution < -0.4 is 10.9 Å². The molecule has 1 unspecified atom stereocenters. The number of aliphatic carboxylic acids is 1. The zero-order valence-electron chi connectivity index (χ0n) is 14.7. The van der Waals surface area contributed by atoms with Crippen LogP contribution >= 0.6 is 23.2 Å². The van der Waals surface area contributed by atoms with E-state index >= 15 is 0 Å². The lowest BCUT2D eigenvalue weighted by atomic mass is 10.0. The Morgan fingerprint density at radius 2 is 1.90 bits per heavy atom. The molecule has 0 bridgehead atoms. The molecule has 1 amide bonds. The van der Waals surface area contributed by atoms with Gasteiger partial charge >= 0.3 is 5.97 Å². The first kappa shape index (κ1) is 20.6. The molecule has 2 aromatic carbocycles. The van der Waals surface area contributed by atoms with Crippen molar-refractivity contribution in [2.45, 2.75) is 12.5 Å². The summed E-state index contributed by atoms with van der Waals surface area (Å²) in [6, 6.07) is 9.98. The van der Waals surface area contributed by atoms with Gasteiger partial charge in [0.2, 0.25) is 0 Å². The average molecular weight is 438 g/mol. The van der Waals surface area contributed by atoms with E-state index in [0.29, 0.717) is 10.6 Å². The molecule has 0 aliphatic carbocycles. The highest BCUT2D eigenvalue weighted by Gasteiger charge is 2.23. The lowest BCUT2D eigenvalue weighted by molar-refractivity contribution is -0.137. The SMILES string of the molecule is O=C(O)CC(NC(=O)c1cc(=O)n(-c2ccccc2F)[nH]1)c1cc(Cl)ccc1Cl. The highest BCUT2D eigenvalue weighted by atomic mass is 35.5. The zero-order chi connectivity index (χ0) is 21.1. The van der Waals surface area contributed by atoms with Crippen LogP contribution in [0.5, 0.6) is 0 Å². The lowest BCUT2D eigenvalue weighted by Gasteiger charge is -2.18. The summed E-state index contributed by atoms with van der Waals surface area (Å²) in [4.78, 5) is 36.1. The number of hydrogen-bond donors (Lipinski definition) is 3. The molecule has 7 nitrogen and oxygen atoms in total. The third kappa shape index (κ3) is 4.67. The highest BCUT2D eigenvalue weighted by molar-refractivity contribution is 6.33. The van der Waals surface area contributed by atoms with Gasteiger partial charge in [-0.15, -0.1) is 0 Å². The molecule has 3 N–H and O–H groups in total. The van der Waals surface area contributed by atoms with Crippen LogP contribution in [0.2, 0.25) is 10.0 Å². The van der Waals surface area contributed by atoms with Gasteiger partial charge in [-0.05, 0) is 35.9 Å². The quantitative estimate of drug-likeness (QED) is 0.548. The third-order valence-corrected chi connectivity index (χ3v) is 4.66. The number of aromatic amines is 1. The number of halogens is 3. The molecule has 0 aliphatic heterocycles. The number of benzene rings is 2. The summed E-state index contributed by atoms with van der Waals surface area (Å²) in [6.07, 6.45) is -0.468. The van der Waals surface area contributed by atoms with Gasteiger partial charge in [0.1, 0.15) is 17.2 Å². The van der Waals surface area contributed by atoms with E-state index in [2.05, 4.69) is 10.4 Å². The van der Waals surface area contributed by atoms with Crippen molar-refractivity contribution in [2.75, 3.05) is 0 Å². The van der Waals surface area contributed by atoms with Crippen molar-refractivity contribution >= 4 is 35.1 Å². The van der Waals surface area contributed by atoms with Crippen LogP contribution in [0.15, 0.2) is 53.3 Å². The first-order chi connectivity index (χ1) is 13.8. The predicted octanol–water partition coefficient (Wildman–Crippen LogP) is 3.56. The Morgan fingerprint density at radius 3 is 2.59 bits per heavy atom. The van der Waals surface area contributed by atoms with Gasteiger partial charge in [0, 0.05) is 16.1 Å². The minimum absolute atomic E-state index is 0.0588. The summed E-state index contributed by atoms with van der Waals surface area (Å²) in [6.45, 7) is 0. The average Bonchev–Trinajstić information content (AvgIpc) is 3.05. The molecule has 29 heavy (non-hydrogen) atoms. The molecule has 10 heteroatoms. The van der Waals surface area contributed by atoms with E-state index in [9.17, 15) is 23.9 Å². The minimum atomic E-state index is -1.18. The molecular weight excluding hydrogens is 424 g/mol. The number of rotatable bonds is 6. The van der Waals surface area contributed by atoms with Crippen molar-refractivity contribution in [3.8, 4) is 5.69 Å². The van der Waals surface area contributed by atoms with Crippen molar-refractivity contribution in [1.29, 1.82) is 0 Å². The number of carbonyl (C=O) groups excluding carboxylic acids is 1. The van der Waals surface area contributed by atoms with Crippen LogP contribution in [-0.2, 0) is 4.79 Å². The molecule has 0 spiro atoms. The molecular formula is C19H14Cl2FN3O4. The minimum Gasteiger partial charge on any atom is -0.481 e. The second-order valence-electron chi connectivity index (χ2n) is 6.08. The molecule has 1 heterocycles. The fourth-order valence-electron chi connectivity index (χ4n) is 2.76. The Bertz CT molecular complexity index is 1140. The van der Waals surface area contributed by atoms with Gasteiger partial charge in [-0.3, -0.25) is 19.5 Å². The maximum atomic E-state index is 14.0. The molecule has 150 valence electrons. The van der Waals surface area contributed by atoms with Gasteiger partial charge in [0.05, 0.1) is 12.5 Å². The van der Waals surface area contributed by atoms with Gasteiger partial charge in [0.25, 0.3) is 11.5 Å². The summed E-state index contributed by atoms with van der Waals surface area (Å²) in [5.41, 5.74) is -0.579. The fourth-order valence-corrected chi connectivity index (χ4v) is 3.18.